The Labute approximate surface area is 141 Å². The van der Waals surface area contributed by atoms with Crippen molar-refractivity contribution in [3.8, 4) is 0 Å². The van der Waals surface area contributed by atoms with Crippen LogP contribution in [0.15, 0.2) is 0 Å². The van der Waals surface area contributed by atoms with E-state index in [1.165, 1.54) is 44.9 Å². The van der Waals surface area contributed by atoms with Crippen molar-refractivity contribution in [2.45, 2.75) is 100 Å². The molecule has 0 spiro atoms. The maximum atomic E-state index is 2.52. The molecule has 6 atom stereocenters. The van der Waals surface area contributed by atoms with Gasteiger partial charge < -0.3 is 0 Å². The Bertz CT molecular complexity index is 305. The molecule has 1 saturated carbocycles. The fraction of sp³-hybridized carbons (Fsp3) is 1.00. The molecule has 22 heavy (non-hydrogen) atoms. The topological polar surface area (TPSA) is 0 Å². The number of hydrogen-bond acceptors (Lipinski definition) is 0. The van der Waals surface area contributed by atoms with Gasteiger partial charge in [-0.25, -0.2) is 0 Å². The van der Waals surface area contributed by atoms with E-state index in [0.717, 1.165) is 35.5 Å². The second-order valence-electron chi connectivity index (χ2n) is 9.63. The van der Waals surface area contributed by atoms with E-state index < -0.39 is 0 Å². The SMILES string of the molecule is CCC1CC1(C)CCC(C)C(C)C(C)CCC(C)CC(C)C. The lowest BCUT2D eigenvalue weighted by Crippen LogP contribution is -2.18. The molecule has 0 nitrogen and oxygen atoms in total. The Hall–Kier alpha value is 0. The summed E-state index contributed by atoms with van der Waals surface area (Å²) in [6, 6.07) is 0. The summed E-state index contributed by atoms with van der Waals surface area (Å²) in [5.41, 5.74) is 0.706. The van der Waals surface area contributed by atoms with Gasteiger partial charge >= 0.3 is 0 Å². The average Bonchev–Trinajstić information content (AvgIpc) is 3.12. The van der Waals surface area contributed by atoms with Crippen molar-refractivity contribution in [1.82, 2.24) is 0 Å². The first-order valence-electron chi connectivity index (χ1n) is 10.2. The van der Waals surface area contributed by atoms with Crippen molar-refractivity contribution >= 4 is 0 Å². The summed E-state index contributed by atoms with van der Waals surface area (Å²) >= 11 is 0. The fourth-order valence-corrected chi connectivity index (χ4v) is 4.56. The molecule has 0 heteroatoms. The molecule has 0 radical (unpaired) electrons. The highest BCUT2D eigenvalue weighted by atomic mass is 14.5. The summed E-state index contributed by atoms with van der Waals surface area (Å²) in [5.74, 6) is 5.45. The van der Waals surface area contributed by atoms with Gasteiger partial charge in [-0.15, -0.1) is 0 Å². The minimum Gasteiger partial charge on any atom is -0.0651 e. The van der Waals surface area contributed by atoms with Crippen LogP contribution in [0.3, 0.4) is 0 Å². The Kier molecular flexibility index (Phi) is 7.96. The zero-order valence-electron chi connectivity index (χ0n) is 16.9. The van der Waals surface area contributed by atoms with Crippen LogP contribution in [0, 0.1) is 40.9 Å². The van der Waals surface area contributed by atoms with Crippen LogP contribution in [0.4, 0.5) is 0 Å². The third kappa shape index (κ3) is 6.25. The minimum atomic E-state index is 0.706. The molecular formula is C22H44. The first-order valence-corrected chi connectivity index (χ1v) is 10.2. The molecule has 1 aliphatic rings. The van der Waals surface area contributed by atoms with Crippen molar-refractivity contribution in [2.24, 2.45) is 40.9 Å². The first kappa shape index (κ1) is 20.0. The molecule has 0 saturated heterocycles. The molecule has 0 amide bonds. The van der Waals surface area contributed by atoms with Gasteiger partial charge in [0.05, 0.1) is 0 Å². The molecule has 1 rings (SSSR count). The fourth-order valence-electron chi connectivity index (χ4n) is 4.56. The lowest BCUT2D eigenvalue weighted by atomic mass is 9.78. The number of hydrogen-bond donors (Lipinski definition) is 0. The van der Waals surface area contributed by atoms with E-state index in [4.69, 9.17) is 0 Å². The van der Waals surface area contributed by atoms with Crippen molar-refractivity contribution in [3.05, 3.63) is 0 Å². The molecule has 0 aliphatic heterocycles. The van der Waals surface area contributed by atoms with E-state index >= 15 is 0 Å². The maximum absolute atomic E-state index is 2.52. The van der Waals surface area contributed by atoms with Gasteiger partial charge in [0.25, 0.3) is 0 Å². The largest absolute Gasteiger partial charge is 0.0651 e. The van der Waals surface area contributed by atoms with Crippen molar-refractivity contribution in [2.75, 3.05) is 0 Å². The zero-order valence-corrected chi connectivity index (χ0v) is 16.9. The Morgan fingerprint density at radius 2 is 1.50 bits per heavy atom. The summed E-state index contributed by atoms with van der Waals surface area (Å²) in [4.78, 5) is 0. The molecule has 132 valence electrons. The molecular weight excluding hydrogens is 264 g/mol. The van der Waals surface area contributed by atoms with Gasteiger partial charge in [0, 0.05) is 0 Å². The molecule has 0 N–H and O–H groups in total. The molecule has 0 aromatic rings. The highest BCUT2D eigenvalue weighted by Gasteiger charge is 2.47. The predicted molar refractivity (Wildman–Crippen MR) is 101 cm³/mol. The van der Waals surface area contributed by atoms with E-state index in [1.54, 1.807) is 0 Å². The van der Waals surface area contributed by atoms with E-state index in [2.05, 4.69) is 55.4 Å². The van der Waals surface area contributed by atoms with E-state index in [9.17, 15) is 0 Å². The predicted octanol–water partition coefficient (Wildman–Crippen LogP) is 7.57. The Balaban J connectivity index is 2.25. The van der Waals surface area contributed by atoms with Crippen LogP contribution in [0.25, 0.3) is 0 Å². The third-order valence-corrected chi connectivity index (χ3v) is 6.99. The van der Waals surface area contributed by atoms with Gasteiger partial charge in [0.15, 0.2) is 0 Å². The van der Waals surface area contributed by atoms with Gasteiger partial charge in [-0.1, -0.05) is 74.7 Å². The summed E-state index contributed by atoms with van der Waals surface area (Å²) in [5, 5.41) is 0. The molecule has 6 unspecified atom stereocenters. The van der Waals surface area contributed by atoms with Crippen molar-refractivity contribution in [1.29, 1.82) is 0 Å². The third-order valence-electron chi connectivity index (χ3n) is 6.99. The lowest BCUT2D eigenvalue weighted by Gasteiger charge is -2.28. The summed E-state index contributed by atoms with van der Waals surface area (Å²) in [6.07, 6.45) is 10.0. The van der Waals surface area contributed by atoms with E-state index in [-0.39, 0.29) is 0 Å². The maximum Gasteiger partial charge on any atom is -0.0294 e. The summed E-state index contributed by atoms with van der Waals surface area (Å²) in [6.45, 7) is 19.5. The van der Waals surface area contributed by atoms with Crippen LogP contribution >= 0.6 is 0 Å². The van der Waals surface area contributed by atoms with Crippen molar-refractivity contribution < 1.29 is 0 Å². The average molecular weight is 309 g/mol. The highest BCUT2D eigenvalue weighted by Crippen LogP contribution is 2.57. The first-order chi connectivity index (χ1) is 10.2. The van der Waals surface area contributed by atoms with Gasteiger partial charge in [0.2, 0.25) is 0 Å². The summed E-state index contributed by atoms with van der Waals surface area (Å²) in [7, 11) is 0. The van der Waals surface area contributed by atoms with E-state index in [1.807, 2.05) is 0 Å². The smallest absolute Gasteiger partial charge is 0.0294 e. The lowest BCUT2D eigenvalue weighted by molar-refractivity contribution is 0.223. The molecule has 0 heterocycles. The minimum absolute atomic E-state index is 0.706. The molecule has 0 bridgehead atoms. The van der Waals surface area contributed by atoms with Gasteiger partial charge in [0.1, 0.15) is 0 Å². The van der Waals surface area contributed by atoms with Crippen molar-refractivity contribution in [3.63, 3.8) is 0 Å². The zero-order chi connectivity index (χ0) is 16.9. The van der Waals surface area contributed by atoms with Crippen LogP contribution in [-0.2, 0) is 0 Å². The standard InChI is InChI=1S/C22H44/c1-9-21-15-22(21,8)13-12-19(6)20(7)18(5)11-10-17(4)14-16(2)3/h16-21H,9-15H2,1-8H3. The second kappa shape index (κ2) is 8.74. The molecule has 0 aromatic heterocycles. The van der Waals surface area contributed by atoms with Crippen LogP contribution < -0.4 is 0 Å². The van der Waals surface area contributed by atoms with Gasteiger partial charge in [-0.2, -0.15) is 0 Å². The van der Waals surface area contributed by atoms with E-state index in [0.29, 0.717) is 5.41 Å². The van der Waals surface area contributed by atoms with Crippen LogP contribution in [0.1, 0.15) is 100 Å². The monoisotopic (exact) mass is 308 g/mol. The summed E-state index contributed by atoms with van der Waals surface area (Å²) < 4.78 is 0. The highest BCUT2D eigenvalue weighted by molar-refractivity contribution is 4.97. The Morgan fingerprint density at radius 1 is 0.909 bits per heavy atom. The Morgan fingerprint density at radius 3 is 2.00 bits per heavy atom. The van der Waals surface area contributed by atoms with Crippen LogP contribution in [0.2, 0.25) is 0 Å². The molecule has 1 aliphatic carbocycles. The second-order valence-corrected chi connectivity index (χ2v) is 9.63. The van der Waals surface area contributed by atoms with Crippen LogP contribution in [-0.4, -0.2) is 0 Å². The molecule has 0 aromatic carbocycles. The quantitative estimate of drug-likeness (QED) is 0.369. The van der Waals surface area contributed by atoms with Gasteiger partial charge in [-0.3, -0.25) is 0 Å². The normalized spacial score (nSPS) is 30.1. The molecule has 1 fully saturated rings. The number of rotatable bonds is 11. The van der Waals surface area contributed by atoms with Gasteiger partial charge in [-0.05, 0) is 66.6 Å². The van der Waals surface area contributed by atoms with Crippen LogP contribution in [0.5, 0.6) is 0 Å².